The number of nitrogens with one attached hydrogen (secondary N) is 2. The van der Waals surface area contributed by atoms with Crippen LogP contribution in [-0.4, -0.2) is 4.92 Å². The molecular formula is C12H11BrN4O2. The number of nitrogens with two attached hydrogens (primary N) is 1. The van der Waals surface area contributed by atoms with Crippen LogP contribution in [0.2, 0.25) is 0 Å². The van der Waals surface area contributed by atoms with Gasteiger partial charge in [0.15, 0.2) is 0 Å². The third kappa shape index (κ3) is 3.01. The van der Waals surface area contributed by atoms with Gasteiger partial charge in [-0.25, -0.2) is 0 Å². The summed E-state index contributed by atoms with van der Waals surface area (Å²) in [6, 6.07) is 12.2. The monoisotopic (exact) mass is 322 g/mol. The SMILES string of the molecule is NNc1cccc(Nc2ccc(Br)cc2)c1[N+](=O)[O-]. The molecule has 0 aromatic heterocycles. The van der Waals surface area contributed by atoms with Gasteiger partial charge in [0.25, 0.3) is 0 Å². The summed E-state index contributed by atoms with van der Waals surface area (Å²) in [7, 11) is 0. The Kier molecular flexibility index (Phi) is 3.98. The van der Waals surface area contributed by atoms with Crippen LogP contribution in [0, 0.1) is 10.1 Å². The topological polar surface area (TPSA) is 93.2 Å². The number of hydrazine groups is 1. The Hall–Kier alpha value is -2.12. The molecule has 2 aromatic carbocycles. The molecule has 0 radical (unpaired) electrons. The summed E-state index contributed by atoms with van der Waals surface area (Å²) in [6.07, 6.45) is 0. The van der Waals surface area contributed by atoms with Gasteiger partial charge in [-0.3, -0.25) is 16.0 Å². The molecular weight excluding hydrogens is 312 g/mol. The molecule has 0 saturated carbocycles. The van der Waals surface area contributed by atoms with Crippen molar-refractivity contribution in [1.82, 2.24) is 0 Å². The van der Waals surface area contributed by atoms with E-state index in [1.807, 2.05) is 24.3 Å². The Bertz CT molecular complexity index is 601. The molecule has 2 rings (SSSR count). The van der Waals surface area contributed by atoms with Crippen LogP contribution in [0.25, 0.3) is 0 Å². The Morgan fingerprint density at radius 1 is 1.11 bits per heavy atom. The van der Waals surface area contributed by atoms with Crippen molar-refractivity contribution < 1.29 is 4.92 Å². The number of benzene rings is 2. The fraction of sp³-hybridized carbons (Fsp3) is 0. The lowest BCUT2D eigenvalue weighted by molar-refractivity contribution is -0.383. The maximum Gasteiger partial charge on any atom is 0.316 e. The van der Waals surface area contributed by atoms with Crippen LogP contribution in [0.1, 0.15) is 0 Å². The van der Waals surface area contributed by atoms with Crippen LogP contribution in [-0.2, 0) is 0 Å². The zero-order chi connectivity index (χ0) is 13.8. The van der Waals surface area contributed by atoms with Gasteiger partial charge in [0.1, 0.15) is 11.4 Å². The first-order valence-corrected chi connectivity index (χ1v) is 6.17. The summed E-state index contributed by atoms with van der Waals surface area (Å²) in [5.74, 6) is 5.28. The minimum atomic E-state index is -0.476. The number of hydrogen-bond donors (Lipinski definition) is 3. The Labute approximate surface area is 117 Å². The first-order valence-electron chi connectivity index (χ1n) is 5.38. The standard InChI is InChI=1S/C12H11BrN4O2/c13-8-4-6-9(7-5-8)15-10-2-1-3-11(16-14)12(10)17(18)19/h1-7,15-16H,14H2. The van der Waals surface area contributed by atoms with Crippen LogP contribution < -0.4 is 16.6 Å². The van der Waals surface area contributed by atoms with E-state index in [9.17, 15) is 10.1 Å². The lowest BCUT2D eigenvalue weighted by Crippen LogP contribution is -2.10. The molecule has 2 aromatic rings. The fourth-order valence-corrected chi connectivity index (χ4v) is 1.91. The second-order valence-corrected chi connectivity index (χ2v) is 4.65. The molecule has 0 unspecified atom stereocenters. The van der Waals surface area contributed by atoms with Crippen molar-refractivity contribution in [3.8, 4) is 0 Å². The largest absolute Gasteiger partial charge is 0.350 e. The van der Waals surface area contributed by atoms with Crippen LogP contribution in [0.15, 0.2) is 46.9 Å². The van der Waals surface area contributed by atoms with Crippen LogP contribution in [0.3, 0.4) is 0 Å². The van der Waals surface area contributed by atoms with Gasteiger partial charge in [0.05, 0.1) is 4.92 Å². The molecule has 0 fully saturated rings. The molecule has 98 valence electrons. The third-order valence-electron chi connectivity index (χ3n) is 2.50. The molecule has 0 aliphatic rings. The maximum absolute atomic E-state index is 11.1. The summed E-state index contributed by atoms with van der Waals surface area (Å²) in [6.45, 7) is 0. The number of nitro benzene ring substituents is 1. The maximum atomic E-state index is 11.1. The van der Waals surface area contributed by atoms with Gasteiger partial charge in [0, 0.05) is 10.2 Å². The van der Waals surface area contributed by atoms with E-state index in [1.165, 1.54) is 0 Å². The Morgan fingerprint density at radius 3 is 2.32 bits per heavy atom. The average molecular weight is 323 g/mol. The van der Waals surface area contributed by atoms with Crippen molar-refractivity contribution in [1.29, 1.82) is 0 Å². The summed E-state index contributed by atoms with van der Waals surface area (Å²) in [5.41, 5.74) is 3.62. The molecule has 0 amide bonds. The molecule has 0 aliphatic heterocycles. The smallest absolute Gasteiger partial charge is 0.316 e. The molecule has 0 heterocycles. The van der Waals surface area contributed by atoms with Gasteiger partial charge in [-0.15, -0.1) is 0 Å². The van der Waals surface area contributed by atoms with E-state index in [-0.39, 0.29) is 11.4 Å². The molecule has 19 heavy (non-hydrogen) atoms. The molecule has 0 saturated heterocycles. The highest BCUT2D eigenvalue weighted by Gasteiger charge is 2.19. The quantitative estimate of drug-likeness (QED) is 0.455. The van der Waals surface area contributed by atoms with E-state index in [1.54, 1.807) is 18.2 Å². The van der Waals surface area contributed by atoms with E-state index in [4.69, 9.17) is 5.84 Å². The highest BCUT2D eigenvalue weighted by Crippen LogP contribution is 2.34. The van der Waals surface area contributed by atoms with Crippen molar-refractivity contribution in [3.05, 3.63) is 57.1 Å². The van der Waals surface area contributed by atoms with Gasteiger partial charge >= 0.3 is 5.69 Å². The molecule has 6 nitrogen and oxygen atoms in total. The lowest BCUT2D eigenvalue weighted by atomic mass is 10.2. The minimum Gasteiger partial charge on any atom is -0.350 e. The highest BCUT2D eigenvalue weighted by atomic mass is 79.9. The number of halogens is 1. The van der Waals surface area contributed by atoms with Crippen molar-refractivity contribution in [2.24, 2.45) is 5.84 Å². The van der Waals surface area contributed by atoms with Gasteiger partial charge in [-0.05, 0) is 36.4 Å². The molecule has 0 aliphatic carbocycles. The third-order valence-corrected chi connectivity index (χ3v) is 3.03. The van der Waals surface area contributed by atoms with Crippen molar-refractivity contribution in [2.45, 2.75) is 0 Å². The number of anilines is 3. The summed E-state index contributed by atoms with van der Waals surface area (Å²) in [4.78, 5) is 10.6. The number of rotatable bonds is 4. The van der Waals surface area contributed by atoms with Gasteiger partial charge in [0.2, 0.25) is 0 Å². The molecule has 0 bridgehead atoms. The number of para-hydroxylation sites is 1. The number of hydrogen-bond acceptors (Lipinski definition) is 5. The predicted octanol–water partition coefficient (Wildman–Crippen LogP) is 3.39. The second-order valence-electron chi connectivity index (χ2n) is 3.74. The zero-order valence-corrected chi connectivity index (χ0v) is 11.3. The molecule has 4 N–H and O–H groups in total. The summed E-state index contributed by atoms with van der Waals surface area (Å²) >= 11 is 3.33. The van der Waals surface area contributed by atoms with E-state index in [0.717, 1.165) is 10.2 Å². The predicted molar refractivity (Wildman–Crippen MR) is 78.3 cm³/mol. The van der Waals surface area contributed by atoms with Gasteiger partial charge in [-0.2, -0.15) is 0 Å². The fourth-order valence-electron chi connectivity index (χ4n) is 1.65. The molecule has 0 atom stereocenters. The normalized spacial score (nSPS) is 10.0. The summed E-state index contributed by atoms with van der Waals surface area (Å²) in [5, 5.41) is 14.1. The van der Waals surface area contributed by atoms with Crippen molar-refractivity contribution in [3.63, 3.8) is 0 Å². The van der Waals surface area contributed by atoms with E-state index in [0.29, 0.717) is 5.69 Å². The Morgan fingerprint density at radius 2 is 1.74 bits per heavy atom. The summed E-state index contributed by atoms with van der Waals surface area (Å²) < 4.78 is 0.935. The van der Waals surface area contributed by atoms with Crippen molar-refractivity contribution >= 4 is 38.7 Å². The Balaban J connectivity index is 2.39. The van der Waals surface area contributed by atoms with Crippen LogP contribution in [0.4, 0.5) is 22.7 Å². The number of nitrogens with zero attached hydrogens (tertiary/aromatic N) is 1. The molecule has 0 spiro atoms. The number of nitrogen functional groups attached to an aromatic ring is 1. The zero-order valence-electron chi connectivity index (χ0n) is 9.76. The first kappa shape index (κ1) is 13.3. The van der Waals surface area contributed by atoms with E-state index >= 15 is 0 Å². The lowest BCUT2D eigenvalue weighted by Gasteiger charge is -2.09. The average Bonchev–Trinajstić information content (AvgIpc) is 2.40. The second kappa shape index (κ2) is 5.68. The molecule has 7 heteroatoms. The minimum absolute atomic E-state index is 0.0899. The van der Waals surface area contributed by atoms with Gasteiger partial charge in [-0.1, -0.05) is 22.0 Å². The van der Waals surface area contributed by atoms with Crippen molar-refractivity contribution in [2.75, 3.05) is 10.7 Å². The highest BCUT2D eigenvalue weighted by molar-refractivity contribution is 9.10. The first-order chi connectivity index (χ1) is 9.11. The number of nitro groups is 1. The van der Waals surface area contributed by atoms with Crippen LogP contribution in [0.5, 0.6) is 0 Å². The van der Waals surface area contributed by atoms with Crippen LogP contribution >= 0.6 is 15.9 Å². The van der Waals surface area contributed by atoms with E-state index in [2.05, 4.69) is 26.7 Å². The van der Waals surface area contributed by atoms with E-state index < -0.39 is 4.92 Å². The van der Waals surface area contributed by atoms with Gasteiger partial charge < -0.3 is 10.7 Å².